The smallest absolute Gasteiger partial charge is 0.338 e. The predicted octanol–water partition coefficient (Wildman–Crippen LogP) is 4.68. The van der Waals surface area contributed by atoms with Gasteiger partial charge in [0.25, 0.3) is 0 Å². The molecule has 0 aliphatic heterocycles. The van der Waals surface area contributed by atoms with Gasteiger partial charge in [-0.05, 0) is 43.3 Å². The summed E-state index contributed by atoms with van der Waals surface area (Å²) >= 11 is 1.44. The van der Waals surface area contributed by atoms with Gasteiger partial charge < -0.3 is 15.8 Å². The molecule has 0 aliphatic rings. The number of esters is 1. The fraction of sp³-hybridized carbons (Fsp3) is 0.0909. The quantitative estimate of drug-likeness (QED) is 0.344. The minimum absolute atomic E-state index is 0.336. The summed E-state index contributed by atoms with van der Waals surface area (Å²) in [5, 5.41) is 4.86. The molecule has 2 heterocycles. The second kappa shape index (κ2) is 8.79. The van der Waals surface area contributed by atoms with Gasteiger partial charge in [0.2, 0.25) is 0 Å². The van der Waals surface area contributed by atoms with E-state index in [0.717, 1.165) is 21.5 Å². The average Bonchev–Trinajstić information content (AvgIpc) is 2.77. The van der Waals surface area contributed by atoms with Crippen LogP contribution in [0.3, 0.4) is 0 Å². The van der Waals surface area contributed by atoms with Crippen LogP contribution in [-0.2, 0) is 4.74 Å². The number of anilines is 3. The van der Waals surface area contributed by atoms with Crippen LogP contribution in [0.5, 0.6) is 0 Å². The van der Waals surface area contributed by atoms with Gasteiger partial charge in [-0.25, -0.2) is 14.8 Å². The lowest BCUT2D eigenvalue weighted by molar-refractivity contribution is 0.0526. The van der Waals surface area contributed by atoms with Crippen molar-refractivity contribution in [2.24, 2.45) is 0 Å². The molecule has 2 aromatic heterocycles. The highest BCUT2D eigenvalue weighted by Gasteiger charge is 2.13. The average molecular weight is 417 g/mol. The van der Waals surface area contributed by atoms with Crippen molar-refractivity contribution >= 4 is 45.8 Å². The van der Waals surface area contributed by atoms with E-state index in [0.29, 0.717) is 28.7 Å². The predicted molar refractivity (Wildman–Crippen MR) is 118 cm³/mol. The Kier molecular flexibility index (Phi) is 5.76. The van der Waals surface area contributed by atoms with E-state index in [4.69, 9.17) is 10.5 Å². The summed E-state index contributed by atoms with van der Waals surface area (Å²) in [5.41, 5.74) is 8.90. The Morgan fingerprint density at radius 3 is 2.67 bits per heavy atom. The molecule has 150 valence electrons. The van der Waals surface area contributed by atoms with Gasteiger partial charge in [0.1, 0.15) is 17.0 Å². The zero-order valence-electron chi connectivity index (χ0n) is 16.2. The van der Waals surface area contributed by atoms with E-state index in [1.54, 1.807) is 37.4 Å². The SMILES string of the molecule is CCOC(=O)c1ccc(Nc2ncnc(Sc3cccc4cccnc34)c2N)cc1. The number of para-hydroxylation sites is 1. The lowest BCUT2D eigenvalue weighted by Crippen LogP contribution is -2.05. The van der Waals surface area contributed by atoms with Crippen LogP contribution in [0, 0.1) is 0 Å². The summed E-state index contributed by atoms with van der Waals surface area (Å²) < 4.78 is 5.00. The van der Waals surface area contributed by atoms with Crippen molar-refractivity contribution in [3.63, 3.8) is 0 Å². The lowest BCUT2D eigenvalue weighted by Gasteiger charge is -2.12. The Bertz CT molecular complexity index is 1190. The first-order chi connectivity index (χ1) is 14.7. The first-order valence-electron chi connectivity index (χ1n) is 9.32. The lowest BCUT2D eigenvalue weighted by atomic mass is 10.2. The number of hydrogen-bond acceptors (Lipinski definition) is 8. The normalized spacial score (nSPS) is 10.7. The van der Waals surface area contributed by atoms with E-state index < -0.39 is 0 Å². The number of nitrogens with one attached hydrogen (secondary N) is 1. The summed E-state index contributed by atoms with van der Waals surface area (Å²) in [6.45, 7) is 2.11. The van der Waals surface area contributed by atoms with Gasteiger partial charge >= 0.3 is 5.97 Å². The van der Waals surface area contributed by atoms with Crippen LogP contribution in [-0.4, -0.2) is 27.5 Å². The van der Waals surface area contributed by atoms with E-state index in [-0.39, 0.29) is 5.97 Å². The van der Waals surface area contributed by atoms with Crippen molar-refractivity contribution in [1.82, 2.24) is 15.0 Å². The van der Waals surface area contributed by atoms with Crippen molar-refractivity contribution in [3.8, 4) is 0 Å². The number of hydrogen-bond donors (Lipinski definition) is 2. The Morgan fingerprint density at radius 1 is 1.07 bits per heavy atom. The molecule has 4 aromatic rings. The highest BCUT2D eigenvalue weighted by Crippen LogP contribution is 2.36. The van der Waals surface area contributed by atoms with Crippen LogP contribution >= 0.6 is 11.8 Å². The van der Waals surface area contributed by atoms with E-state index >= 15 is 0 Å². The topological polar surface area (TPSA) is 103 Å². The highest BCUT2D eigenvalue weighted by atomic mass is 32.2. The summed E-state index contributed by atoms with van der Waals surface area (Å²) in [6, 6.07) is 16.8. The third-order valence-corrected chi connectivity index (χ3v) is 5.38. The zero-order valence-corrected chi connectivity index (χ0v) is 17.0. The van der Waals surface area contributed by atoms with Gasteiger partial charge in [0.15, 0.2) is 5.82 Å². The molecule has 4 rings (SSSR count). The maximum absolute atomic E-state index is 11.8. The summed E-state index contributed by atoms with van der Waals surface area (Å²) in [6.07, 6.45) is 3.23. The molecule has 2 aromatic carbocycles. The van der Waals surface area contributed by atoms with Crippen LogP contribution in [0.2, 0.25) is 0 Å². The van der Waals surface area contributed by atoms with Gasteiger partial charge in [-0.2, -0.15) is 0 Å². The number of rotatable bonds is 6. The van der Waals surface area contributed by atoms with E-state index in [1.165, 1.54) is 18.1 Å². The summed E-state index contributed by atoms with van der Waals surface area (Å²) in [4.78, 5) is 25.8. The number of nitrogens with two attached hydrogens (primary N) is 1. The second-order valence-electron chi connectivity index (χ2n) is 6.30. The zero-order chi connectivity index (χ0) is 20.9. The van der Waals surface area contributed by atoms with Crippen molar-refractivity contribution in [1.29, 1.82) is 0 Å². The van der Waals surface area contributed by atoms with Gasteiger partial charge in [0, 0.05) is 22.2 Å². The minimum Gasteiger partial charge on any atom is -0.462 e. The molecule has 0 fully saturated rings. The van der Waals surface area contributed by atoms with Gasteiger partial charge in [-0.1, -0.05) is 30.0 Å². The molecule has 0 amide bonds. The number of aromatic nitrogens is 3. The molecule has 8 heteroatoms. The molecule has 3 N–H and O–H groups in total. The molecule has 0 unspecified atom stereocenters. The molecule has 0 spiro atoms. The van der Waals surface area contributed by atoms with Crippen molar-refractivity contribution in [2.45, 2.75) is 16.8 Å². The number of fused-ring (bicyclic) bond motifs is 1. The number of ether oxygens (including phenoxy) is 1. The third kappa shape index (κ3) is 4.18. The molecular weight excluding hydrogens is 398 g/mol. The fourth-order valence-electron chi connectivity index (χ4n) is 2.86. The largest absolute Gasteiger partial charge is 0.462 e. The monoisotopic (exact) mass is 417 g/mol. The standard InChI is InChI=1S/C22H19N5O2S/c1-2-29-22(28)15-8-10-16(11-9-15)27-20-18(23)21(26-13-25-20)30-17-7-3-5-14-6-4-12-24-19(14)17/h3-13H,2,23H2,1H3,(H,25,26,27). The van der Waals surface area contributed by atoms with Crippen LogP contribution < -0.4 is 11.1 Å². The minimum atomic E-state index is -0.354. The number of pyridine rings is 1. The van der Waals surface area contributed by atoms with Crippen molar-refractivity contribution in [3.05, 3.63) is 72.7 Å². The molecule has 0 atom stereocenters. The van der Waals surface area contributed by atoms with Crippen LogP contribution in [0.25, 0.3) is 10.9 Å². The summed E-state index contributed by atoms with van der Waals surface area (Å²) in [5.74, 6) is 0.137. The van der Waals surface area contributed by atoms with Crippen molar-refractivity contribution in [2.75, 3.05) is 17.7 Å². The number of nitrogen functional groups attached to an aromatic ring is 1. The number of nitrogens with zero attached hydrogens (tertiary/aromatic N) is 3. The van der Waals surface area contributed by atoms with Crippen LogP contribution in [0.1, 0.15) is 17.3 Å². The van der Waals surface area contributed by atoms with Crippen LogP contribution in [0.4, 0.5) is 17.2 Å². The van der Waals surface area contributed by atoms with Crippen molar-refractivity contribution < 1.29 is 9.53 Å². The van der Waals surface area contributed by atoms with Gasteiger partial charge in [0.05, 0.1) is 17.7 Å². The third-order valence-electron chi connectivity index (χ3n) is 4.31. The maximum atomic E-state index is 11.8. The molecule has 30 heavy (non-hydrogen) atoms. The molecule has 0 aliphatic carbocycles. The Hall–Kier alpha value is -3.65. The Morgan fingerprint density at radius 2 is 1.87 bits per heavy atom. The first-order valence-corrected chi connectivity index (χ1v) is 10.1. The molecule has 0 radical (unpaired) electrons. The second-order valence-corrected chi connectivity index (χ2v) is 7.33. The van der Waals surface area contributed by atoms with Gasteiger partial charge in [-0.15, -0.1) is 0 Å². The Balaban J connectivity index is 1.57. The summed E-state index contributed by atoms with van der Waals surface area (Å²) in [7, 11) is 0. The van der Waals surface area contributed by atoms with E-state index in [9.17, 15) is 4.79 Å². The van der Waals surface area contributed by atoms with Crippen LogP contribution in [0.15, 0.2) is 77.0 Å². The maximum Gasteiger partial charge on any atom is 0.338 e. The number of carbonyl (C=O) groups is 1. The van der Waals surface area contributed by atoms with E-state index in [1.807, 2.05) is 30.3 Å². The molecule has 0 saturated heterocycles. The van der Waals surface area contributed by atoms with E-state index in [2.05, 4.69) is 20.3 Å². The molecule has 0 bridgehead atoms. The fourth-order valence-corrected chi connectivity index (χ4v) is 3.79. The number of benzene rings is 2. The Labute approximate surface area is 177 Å². The molecule has 7 nitrogen and oxygen atoms in total. The van der Waals surface area contributed by atoms with Gasteiger partial charge in [-0.3, -0.25) is 4.98 Å². The molecule has 0 saturated carbocycles. The first kappa shape index (κ1) is 19.7. The molecular formula is C22H19N5O2S. The highest BCUT2D eigenvalue weighted by molar-refractivity contribution is 7.99. The number of carbonyl (C=O) groups excluding carboxylic acids is 1.